The van der Waals surface area contributed by atoms with Crippen LogP contribution in [0.2, 0.25) is 0 Å². The molecule has 0 heterocycles. The van der Waals surface area contributed by atoms with Crippen molar-refractivity contribution < 1.29 is 76.6 Å². The zero-order valence-electron chi connectivity index (χ0n) is 15.7. The molecule has 23 heavy (non-hydrogen) atoms. The molecule has 0 aliphatic carbocycles. The molecule has 0 saturated carbocycles. The van der Waals surface area contributed by atoms with Crippen LogP contribution in [0.5, 0.6) is 0 Å². The fraction of sp³-hybridized carbons (Fsp3) is 1.00. The van der Waals surface area contributed by atoms with E-state index in [0.717, 1.165) is 0 Å². The molecule has 0 atom stereocenters. The molecule has 0 spiro atoms. The molecule has 0 aromatic carbocycles. The van der Waals surface area contributed by atoms with Gasteiger partial charge in [-0.25, -0.2) is 0 Å². The topological polar surface area (TPSA) is 92.3 Å². The Kier molecular flexibility index (Phi) is 36.8. The molecular formula is C15H33NNa2O4S. The minimum atomic E-state index is -5.17. The second-order valence-corrected chi connectivity index (χ2v) is 6.16. The summed E-state index contributed by atoms with van der Waals surface area (Å²) in [6.07, 6.45) is 15.6. The van der Waals surface area contributed by atoms with E-state index in [1.807, 2.05) is 0 Å². The van der Waals surface area contributed by atoms with E-state index in [-0.39, 0.29) is 59.1 Å². The Morgan fingerprint density at radius 2 is 1.00 bits per heavy atom. The number of rotatable bonds is 13. The Hall–Kier alpha value is 1.83. The molecule has 0 fully saturated rings. The predicted octanol–water partition coefficient (Wildman–Crippen LogP) is -2.42. The van der Waals surface area contributed by atoms with Gasteiger partial charge in [0.2, 0.25) is 0 Å². The normalized spacial score (nSPS) is 10.1. The van der Waals surface area contributed by atoms with Crippen molar-refractivity contribution in [3.05, 3.63) is 0 Å². The van der Waals surface area contributed by atoms with Gasteiger partial charge >= 0.3 is 59.1 Å². The second-order valence-electron chi connectivity index (χ2n) is 5.34. The molecule has 130 valence electrons. The SMILES string of the molecule is CCCCCCCCCCCCNCCC.O=S(=O)([O-])[O-].[Na+].[Na+]. The van der Waals surface area contributed by atoms with Gasteiger partial charge in [0.05, 0.1) is 0 Å². The molecule has 0 aromatic heterocycles. The molecule has 8 heteroatoms. The van der Waals surface area contributed by atoms with Gasteiger partial charge < -0.3 is 14.4 Å². The van der Waals surface area contributed by atoms with Gasteiger partial charge in [0.15, 0.2) is 0 Å². The fourth-order valence-electron chi connectivity index (χ4n) is 2.04. The molecule has 0 aromatic rings. The standard InChI is InChI=1S/C15H33N.2Na.H2O4S/c1-3-5-6-7-8-9-10-11-12-13-15-16-14-4-2;;;1-5(2,3)4/h16H,3-15H2,1-2H3;;;(H2,1,2,3,4)/q;2*+1;/p-2. The second kappa shape index (κ2) is 26.1. The maximum atomic E-state index is 8.52. The van der Waals surface area contributed by atoms with Crippen molar-refractivity contribution in [1.29, 1.82) is 0 Å². The first-order valence-electron chi connectivity index (χ1n) is 8.29. The first-order valence-corrected chi connectivity index (χ1v) is 9.62. The molecule has 0 saturated heterocycles. The Bertz CT molecular complexity index is 269. The van der Waals surface area contributed by atoms with Crippen LogP contribution < -0.4 is 64.4 Å². The monoisotopic (exact) mass is 369 g/mol. The molecular weight excluding hydrogens is 336 g/mol. The molecule has 1 N–H and O–H groups in total. The first kappa shape index (κ1) is 32.5. The number of nitrogens with one attached hydrogen (secondary N) is 1. The third-order valence-corrected chi connectivity index (χ3v) is 3.13. The van der Waals surface area contributed by atoms with Crippen LogP contribution in [0.3, 0.4) is 0 Å². The van der Waals surface area contributed by atoms with E-state index >= 15 is 0 Å². The van der Waals surface area contributed by atoms with E-state index in [4.69, 9.17) is 17.5 Å². The number of hydrogen-bond donors (Lipinski definition) is 1. The van der Waals surface area contributed by atoms with Crippen molar-refractivity contribution in [3.8, 4) is 0 Å². The van der Waals surface area contributed by atoms with Crippen molar-refractivity contribution in [2.45, 2.75) is 84.5 Å². The summed E-state index contributed by atoms with van der Waals surface area (Å²) in [6, 6.07) is 0. The summed E-state index contributed by atoms with van der Waals surface area (Å²) >= 11 is 0. The summed E-state index contributed by atoms with van der Waals surface area (Å²) in [7, 11) is -5.17. The van der Waals surface area contributed by atoms with E-state index in [9.17, 15) is 0 Å². The van der Waals surface area contributed by atoms with E-state index in [0.29, 0.717) is 0 Å². The average molecular weight is 369 g/mol. The first-order chi connectivity index (χ1) is 9.91. The van der Waals surface area contributed by atoms with Gasteiger partial charge in [-0.15, -0.1) is 0 Å². The van der Waals surface area contributed by atoms with Gasteiger partial charge in [0, 0.05) is 10.4 Å². The van der Waals surface area contributed by atoms with Crippen molar-refractivity contribution in [3.63, 3.8) is 0 Å². The van der Waals surface area contributed by atoms with Crippen LogP contribution in [0.15, 0.2) is 0 Å². The van der Waals surface area contributed by atoms with Crippen molar-refractivity contribution >= 4 is 10.4 Å². The summed E-state index contributed by atoms with van der Waals surface area (Å²) in [4.78, 5) is 0. The Balaban J connectivity index is -0.000000225. The summed E-state index contributed by atoms with van der Waals surface area (Å²) in [5.41, 5.74) is 0. The van der Waals surface area contributed by atoms with Crippen LogP contribution in [0, 0.1) is 0 Å². The minimum Gasteiger partial charge on any atom is -0.759 e. The van der Waals surface area contributed by atoms with E-state index < -0.39 is 10.4 Å². The van der Waals surface area contributed by atoms with Gasteiger partial charge in [-0.1, -0.05) is 71.6 Å². The van der Waals surface area contributed by atoms with E-state index in [1.54, 1.807) is 0 Å². The number of hydrogen-bond acceptors (Lipinski definition) is 5. The average Bonchev–Trinajstić information content (AvgIpc) is 2.38. The third kappa shape index (κ3) is 51.6. The Morgan fingerprint density at radius 1 is 0.652 bits per heavy atom. The zero-order chi connectivity index (χ0) is 16.4. The number of unbranched alkanes of at least 4 members (excludes halogenated alkanes) is 9. The van der Waals surface area contributed by atoms with Gasteiger partial charge in [-0.05, 0) is 25.9 Å². The molecule has 0 rings (SSSR count). The van der Waals surface area contributed by atoms with Crippen molar-refractivity contribution in [2.75, 3.05) is 13.1 Å². The van der Waals surface area contributed by atoms with Gasteiger partial charge in [0.1, 0.15) is 0 Å². The van der Waals surface area contributed by atoms with Gasteiger partial charge in [-0.2, -0.15) is 0 Å². The van der Waals surface area contributed by atoms with Crippen LogP contribution in [0.25, 0.3) is 0 Å². The molecule has 0 radical (unpaired) electrons. The summed E-state index contributed by atoms with van der Waals surface area (Å²) in [6.45, 7) is 6.93. The van der Waals surface area contributed by atoms with E-state index in [1.165, 1.54) is 83.7 Å². The quantitative estimate of drug-likeness (QED) is 0.169. The van der Waals surface area contributed by atoms with Gasteiger partial charge in [-0.3, -0.25) is 8.42 Å². The van der Waals surface area contributed by atoms with Crippen LogP contribution in [0.1, 0.15) is 84.5 Å². The van der Waals surface area contributed by atoms with E-state index in [2.05, 4.69) is 19.2 Å². The van der Waals surface area contributed by atoms with Gasteiger partial charge in [0.25, 0.3) is 0 Å². The van der Waals surface area contributed by atoms with Crippen LogP contribution in [-0.4, -0.2) is 30.6 Å². The Labute approximate surface area is 188 Å². The third-order valence-electron chi connectivity index (χ3n) is 3.13. The summed E-state index contributed by atoms with van der Waals surface area (Å²) in [5.74, 6) is 0. The maximum absolute atomic E-state index is 8.52. The van der Waals surface area contributed by atoms with Crippen molar-refractivity contribution in [2.24, 2.45) is 0 Å². The zero-order valence-corrected chi connectivity index (χ0v) is 20.6. The summed E-state index contributed by atoms with van der Waals surface area (Å²) in [5, 5.41) is 3.46. The predicted molar refractivity (Wildman–Crippen MR) is 85.5 cm³/mol. The molecule has 0 amide bonds. The fourth-order valence-corrected chi connectivity index (χ4v) is 2.04. The van der Waals surface area contributed by atoms with Crippen LogP contribution in [0.4, 0.5) is 0 Å². The Morgan fingerprint density at radius 3 is 1.35 bits per heavy atom. The maximum Gasteiger partial charge on any atom is 1.00 e. The molecule has 0 aliphatic heterocycles. The summed E-state index contributed by atoms with van der Waals surface area (Å²) < 4.78 is 34.1. The van der Waals surface area contributed by atoms with Crippen LogP contribution >= 0.6 is 0 Å². The molecule has 0 aliphatic rings. The largest absolute Gasteiger partial charge is 1.00 e. The van der Waals surface area contributed by atoms with Crippen LogP contribution in [-0.2, 0) is 10.4 Å². The molecule has 0 unspecified atom stereocenters. The van der Waals surface area contributed by atoms with Crippen molar-refractivity contribution in [1.82, 2.24) is 5.32 Å². The smallest absolute Gasteiger partial charge is 0.759 e. The minimum absolute atomic E-state index is 0. The molecule has 0 bridgehead atoms. The molecule has 5 nitrogen and oxygen atoms in total.